The average Bonchev–Trinajstić information content (AvgIpc) is 3.22. The van der Waals surface area contributed by atoms with Crippen molar-refractivity contribution >= 4 is 22.7 Å². The van der Waals surface area contributed by atoms with E-state index in [0.29, 0.717) is 6.20 Å². The van der Waals surface area contributed by atoms with Crippen LogP contribution >= 0.6 is 0 Å². The van der Waals surface area contributed by atoms with Crippen LogP contribution in [0.3, 0.4) is 0 Å². The standard InChI is InChI=1S/C20H15F7N4O3/c21-11-3-9(31-18-30-6-19(7-32,8-33-18)17(23)24)4-12(22)15(11)34-13-1-2-28-16-14(13)10(5-29-16)20(25,26)27/h1-5,17,32H,6-8H2,(H,28,29)(H,30,31). The van der Waals surface area contributed by atoms with Gasteiger partial charge < -0.3 is 24.9 Å². The normalized spacial score (nSPS) is 18.7. The number of rotatable bonds is 5. The maximum Gasteiger partial charge on any atom is 0.418 e. The number of aromatic nitrogens is 2. The number of amidine groups is 1. The van der Waals surface area contributed by atoms with Crippen molar-refractivity contribution in [3.63, 3.8) is 0 Å². The van der Waals surface area contributed by atoms with Crippen LogP contribution in [0, 0.1) is 17.0 Å². The van der Waals surface area contributed by atoms with E-state index >= 15 is 0 Å². The third kappa shape index (κ3) is 4.32. The number of aliphatic hydroxyl groups is 1. The first-order valence-electron chi connectivity index (χ1n) is 9.57. The second-order valence-electron chi connectivity index (χ2n) is 7.46. The molecule has 3 heterocycles. The molecule has 2 aromatic heterocycles. The van der Waals surface area contributed by atoms with E-state index in [9.17, 15) is 35.8 Å². The SMILES string of the molecule is OCC1(C(F)F)CN=C(Nc2cc(F)c(Oc3ccnc4[nH]cc(C(F)(F)F)c34)c(F)c2)OC1. The summed E-state index contributed by atoms with van der Waals surface area (Å²) in [6.07, 6.45) is -5.92. The van der Waals surface area contributed by atoms with Gasteiger partial charge in [0.15, 0.2) is 17.4 Å². The number of benzene rings is 1. The molecule has 0 fully saturated rings. The lowest BCUT2D eigenvalue weighted by Gasteiger charge is -2.32. The highest BCUT2D eigenvalue weighted by Crippen LogP contribution is 2.41. The minimum absolute atomic E-state index is 0.195. The Morgan fingerprint density at radius 2 is 1.94 bits per heavy atom. The molecule has 0 bridgehead atoms. The molecule has 4 rings (SSSR count). The molecular formula is C20H15F7N4O3. The number of alkyl halides is 5. The van der Waals surface area contributed by atoms with Gasteiger partial charge in [-0.05, 0) is 6.07 Å². The Labute approximate surface area is 186 Å². The monoisotopic (exact) mass is 492 g/mol. The molecule has 1 unspecified atom stereocenters. The van der Waals surface area contributed by atoms with Gasteiger partial charge in [0, 0.05) is 30.2 Å². The first-order valence-corrected chi connectivity index (χ1v) is 9.57. The number of H-pyrrole nitrogens is 1. The molecule has 0 spiro atoms. The number of nitrogens with one attached hydrogen (secondary N) is 2. The summed E-state index contributed by atoms with van der Waals surface area (Å²) in [6.45, 7) is -1.96. The largest absolute Gasteiger partial charge is 0.464 e. The van der Waals surface area contributed by atoms with Crippen molar-refractivity contribution in [3.8, 4) is 11.5 Å². The van der Waals surface area contributed by atoms with E-state index in [-0.39, 0.29) is 17.4 Å². The zero-order valence-corrected chi connectivity index (χ0v) is 16.9. The third-order valence-corrected chi connectivity index (χ3v) is 5.11. The van der Waals surface area contributed by atoms with Crippen LogP contribution in [-0.2, 0) is 10.9 Å². The summed E-state index contributed by atoms with van der Waals surface area (Å²) in [7, 11) is 0. The summed E-state index contributed by atoms with van der Waals surface area (Å²) in [4.78, 5) is 9.80. The van der Waals surface area contributed by atoms with E-state index in [1.54, 1.807) is 0 Å². The first kappa shape index (κ1) is 23.6. The lowest BCUT2D eigenvalue weighted by Crippen LogP contribution is -2.46. The van der Waals surface area contributed by atoms with Crippen molar-refractivity contribution in [3.05, 3.63) is 47.8 Å². The molecule has 0 saturated carbocycles. The van der Waals surface area contributed by atoms with E-state index in [4.69, 9.17) is 9.47 Å². The highest BCUT2D eigenvalue weighted by atomic mass is 19.4. The summed E-state index contributed by atoms with van der Waals surface area (Å²) < 4.78 is 106. The number of hydrogen-bond acceptors (Lipinski definition) is 6. The quantitative estimate of drug-likeness (QED) is 0.450. The number of aliphatic hydroxyl groups excluding tert-OH is 1. The summed E-state index contributed by atoms with van der Waals surface area (Å²) in [5.74, 6) is -4.00. The van der Waals surface area contributed by atoms with Gasteiger partial charge in [0.2, 0.25) is 0 Å². The number of anilines is 1. The van der Waals surface area contributed by atoms with Crippen LogP contribution in [0.15, 0.2) is 35.6 Å². The van der Waals surface area contributed by atoms with Crippen LogP contribution in [0.1, 0.15) is 5.56 Å². The Morgan fingerprint density at radius 1 is 1.24 bits per heavy atom. The minimum Gasteiger partial charge on any atom is -0.464 e. The fraction of sp³-hybridized carbons (Fsp3) is 0.300. The number of ether oxygens (including phenoxy) is 2. The number of nitrogens with zero attached hydrogens (tertiary/aromatic N) is 2. The highest BCUT2D eigenvalue weighted by Gasteiger charge is 2.43. The van der Waals surface area contributed by atoms with Crippen LogP contribution in [0.2, 0.25) is 0 Å². The Kier molecular flexibility index (Phi) is 6.02. The van der Waals surface area contributed by atoms with E-state index in [1.165, 1.54) is 0 Å². The van der Waals surface area contributed by atoms with Gasteiger partial charge >= 0.3 is 6.18 Å². The van der Waals surface area contributed by atoms with Crippen LogP contribution < -0.4 is 10.1 Å². The van der Waals surface area contributed by atoms with Crippen molar-refractivity contribution in [2.45, 2.75) is 12.6 Å². The second-order valence-corrected chi connectivity index (χ2v) is 7.46. The molecule has 1 atom stereocenters. The smallest absolute Gasteiger partial charge is 0.418 e. The zero-order chi connectivity index (χ0) is 24.7. The van der Waals surface area contributed by atoms with Crippen LogP contribution in [0.5, 0.6) is 11.5 Å². The third-order valence-electron chi connectivity index (χ3n) is 5.11. The van der Waals surface area contributed by atoms with Gasteiger partial charge in [0.25, 0.3) is 12.4 Å². The fourth-order valence-electron chi connectivity index (χ4n) is 3.20. The summed E-state index contributed by atoms with van der Waals surface area (Å²) >= 11 is 0. The number of halogens is 7. The highest BCUT2D eigenvalue weighted by molar-refractivity contribution is 5.90. The summed E-state index contributed by atoms with van der Waals surface area (Å²) in [5, 5.41) is 11.1. The molecule has 34 heavy (non-hydrogen) atoms. The Morgan fingerprint density at radius 3 is 2.50 bits per heavy atom. The average molecular weight is 492 g/mol. The van der Waals surface area contributed by atoms with E-state index in [1.807, 2.05) is 0 Å². The zero-order valence-electron chi connectivity index (χ0n) is 16.9. The molecule has 1 aliphatic heterocycles. The Balaban J connectivity index is 1.59. The van der Waals surface area contributed by atoms with Crippen molar-refractivity contribution in [1.29, 1.82) is 0 Å². The summed E-state index contributed by atoms with van der Waals surface area (Å²) in [5.41, 5.74) is -3.44. The molecule has 0 saturated heterocycles. The van der Waals surface area contributed by atoms with E-state index < -0.39 is 71.9 Å². The summed E-state index contributed by atoms with van der Waals surface area (Å²) in [6, 6.07) is 2.23. The molecule has 0 aliphatic carbocycles. The lowest BCUT2D eigenvalue weighted by molar-refractivity contribution is -0.136. The Bertz CT molecular complexity index is 1220. The predicted octanol–water partition coefficient (Wildman–Crippen LogP) is 4.69. The Hall–Kier alpha value is -3.55. The minimum atomic E-state index is -4.77. The molecule has 0 amide bonds. The lowest BCUT2D eigenvalue weighted by atomic mass is 9.90. The fourth-order valence-corrected chi connectivity index (χ4v) is 3.20. The van der Waals surface area contributed by atoms with Gasteiger partial charge in [-0.2, -0.15) is 13.2 Å². The second kappa shape index (κ2) is 8.66. The van der Waals surface area contributed by atoms with Crippen LogP contribution in [0.25, 0.3) is 11.0 Å². The van der Waals surface area contributed by atoms with Crippen molar-refractivity contribution in [2.24, 2.45) is 10.4 Å². The number of aromatic amines is 1. The molecular weight excluding hydrogens is 477 g/mol. The molecule has 3 N–H and O–H groups in total. The molecule has 1 aromatic carbocycles. The van der Waals surface area contributed by atoms with Gasteiger partial charge in [-0.3, -0.25) is 0 Å². The van der Waals surface area contributed by atoms with Crippen molar-refractivity contribution in [2.75, 3.05) is 25.1 Å². The molecule has 7 nitrogen and oxygen atoms in total. The van der Waals surface area contributed by atoms with Crippen molar-refractivity contribution < 1.29 is 45.3 Å². The van der Waals surface area contributed by atoms with Crippen LogP contribution in [0.4, 0.5) is 36.4 Å². The molecule has 0 radical (unpaired) electrons. The van der Waals surface area contributed by atoms with E-state index in [0.717, 1.165) is 24.4 Å². The predicted molar refractivity (Wildman–Crippen MR) is 105 cm³/mol. The number of fused-ring (bicyclic) bond motifs is 1. The first-order chi connectivity index (χ1) is 16.0. The molecule has 3 aromatic rings. The number of hydrogen-bond donors (Lipinski definition) is 3. The molecule has 1 aliphatic rings. The van der Waals surface area contributed by atoms with E-state index in [2.05, 4.69) is 20.3 Å². The number of pyridine rings is 1. The van der Waals surface area contributed by atoms with Gasteiger partial charge in [0.05, 0.1) is 24.1 Å². The van der Waals surface area contributed by atoms with Gasteiger partial charge in [-0.1, -0.05) is 0 Å². The number of aliphatic imine (C=N–C) groups is 1. The van der Waals surface area contributed by atoms with Gasteiger partial charge in [0.1, 0.15) is 23.4 Å². The van der Waals surface area contributed by atoms with Gasteiger partial charge in [-0.25, -0.2) is 27.5 Å². The maximum atomic E-state index is 14.6. The maximum absolute atomic E-state index is 14.6. The topological polar surface area (TPSA) is 91.8 Å². The van der Waals surface area contributed by atoms with Gasteiger partial charge in [-0.15, -0.1) is 0 Å². The molecule has 14 heteroatoms. The van der Waals surface area contributed by atoms with Crippen molar-refractivity contribution in [1.82, 2.24) is 9.97 Å². The molecule has 182 valence electrons. The van der Waals surface area contributed by atoms with Crippen LogP contribution in [-0.4, -0.2) is 47.3 Å².